The number of hydrogen-bond acceptors (Lipinski definition) is 4. The summed E-state index contributed by atoms with van der Waals surface area (Å²) in [6.45, 7) is 1.62. The lowest BCUT2D eigenvalue weighted by Crippen LogP contribution is -2.27. The van der Waals surface area contributed by atoms with Gasteiger partial charge in [-0.3, -0.25) is 9.59 Å². The summed E-state index contributed by atoms with van der Waals surface area (Å²) in [6, 6.07) is 22.9. The van der Waals surface area contributed by atoms with Gasteiger partial charge >= 0.3 is 0 Å². The number of carbonyl (C=O) groups is 2. The molecule has 0 N–H and O–H groups in total. The average Bonchev–Trinajstić information content (AvgIpc) is 3.29. The van der Waals surface area contributed by atoms with Crippen LogP contribution < -0.4 is 14.4 Å². The van der Waals surface area contributed by atoms with E-state index < -0.39 is 0 Å². The maximum absolute atomic E-state index is 12.9. The molecule has 3 aromatic carbocycles. The molecule has 0 unspecified atom stereocenters. The van der Waals surface area contributed by atoms with E-state index in [1.165, 1.54) is 0 Å². The lowest BCUT2D eigenvalue weighted by Gasteiger charge is -2.20. The van der Waals surface area contributed by atoms with Crippen LogP contribution in [0.3, 0.4) is 0 Å². The highest BCUT2D eigenvalue weighted by molar-refractivity contribution is 5.97. The van der Waals surface area contributed by atoms with Crippen molar-refractivity contribution < 1.29 is 19.1 Å². The zero-order valence-electron chi connectivity index (χ0n) is 19.0. The second-order valence-corrected chi connectivity index (χ2v) is 8.12. The smallest absolute Gasteiger partial charge is 0.253 e. The second kappa shape index (κ2) is 10.2. The van der Waals surface area contributed by atoms with E-state index in [4.69, 9.17) is 9.47 Å². The first-order valence-electron chi connectivity index (χ1n) is 11.0. The highest BCUT2D eigenvalue weighted by Crippen LogP contribution is 2.29. The molecule has 33 heavy (non-hydrogen) atoms. The fourth-order valence-electron chi connectivity index (χ4n) is 3.94. The molecule has 4 rings (SSSR count). The maximum atomic E-state index is 12.9. The van der Waals surface area contributed by atoms with Gasteiger partial charge in [-0.05, 0) is 53.9 Å². The summed E-state index contributed by atoms with van der Waals surface area (Å²) in [7, 11) is 3.38. The Labute approximate surface area is 194 Å². The van der Waals surface area contributed by atoms with Gasteiger partial charge in [0.15, 0.2) is 11.5 Å². The van der Waals surface area contributed by atoms with E-state index in [1.54, 1.807) is 36.1 Å². The summed E-state index contributed by atoms with van der Waals surface area (Å²) in [6.07, 6.45) is 1.46. The first-order chi connectivity index (χ1) is 16.0. The summed E-state index contributed by atoms with van der Waals surface area (Å²) < 4.78 is 11.4. The second-order valence-electron chi connectivity index (χ2n) is 8.12. The van der Waals surface area contributed by atoms with Gasteiger partial charge < -0.3 is 19.3 Å². The van der Waals surface area contributed by atoms with Crippen LogP contribution >= 0.6 is 0 Å². The predicted molar refractivity (Wildman–Crippen MR) is 128 cm³/mol. The van der Waals surface area contributed by atoms with Crippen molar-refractivity contribution in [2.45, 2.75) is 26.0 Å². The monoisotopic (exact) mass is 444 g/mol. The van der Waals surface area contributed by atoms with Crippen molar-refractivity contribution in [2.24, 2.45) is 0 Å². The number of anilines is 1. The van der Waals surface area contributed by atoms with Crippen LogP contribution in [0.2, 0.25) is 0 Å². The number of ether oxygens (including phenoxy) is 2. The van der Waals surface area contributed by atoms with E-state index in [0.717, 1.165) is 29.8 Å². The van der Waals surface area contributed by atoms with Crippen LogP contribution in [0, 0.1) is 0 Å². The Morgan fingerprint density at radius 1 is 0.970 bits per heavy atom. The summed E-state index contributed by atoms with van der Waals surface area (Å²) in [5.74, 6) is 1.34. The van der Waals surface area contributed by atoms with Crippen LogP contribution in [-0.4, -0.2) is 37.4 Å². The van der Waals surface area contributed by atoms with E-state index in [-0.39, 0.29) is 11.8 Å². The third kappa shape index (κ3) is 5.34. The third-order valence-corrected chi connectivity index (χ3v) is 5.73. The molecule has 170 valence electrons. The molecular formula is C27H28N2O4. The molecule has 1 heterocycles. The Morgan fingerprint density at radius 3 is 2.39 bits per heavy atom. The topological polar surface area (TPSA) is 59.1 Å². The van der Waals surface area contributed by atoms with Crippen LogP contribution in [0.25, 0.3) is 0 Å². The predicted octanol–water partition coefficient (Wildman–Crippen LogP) is 4.67. The zero-order chi connectivity index (χ0) is 23.2. The van der Waals surface area contributed by atoms with Gasteiger partial charge in [0.05, 0.1) is 7.11 Å². The summed E-state index contributed by atoms with van der Waals surface area (Å²) in [5, 5.41) is 0. The van der Waals surface area contributed by atoms with Crippen molar-refractivity contribution in [3.05, 3.63) is 89.5 Å². The molecule has 6 nitrogen and oxygen atoms in total. The van der Waals surface area contributed by atoms with Gasteiger partial charge in [-0.25, -0.2) is 0 Å². The van der Waals surface area contributed by atoms with Gasteiger partial charge in [0.1, 0.15) is 6.61 Å². The summed E-state index contributed by atoms with van der Waals surface area (Å²) in [4.78, 5) is 28.3. The number of benzene rings is 3. The quantitative estimate of drug-likeness (QED) is 0.507. The minimum atomic E-state index is -0.0855. The molecule has 1 saturated heterocycles. The molecule has 0 aromatic heterocycles. The number of hydrogen-bond donors (Lipinski definition) is 0. The highest BCUT2D eigenvalue weighted by Gasteiger charge is 2.22. The number of rotatable bonds is 8. The molecular weight excluding hydrogens is 416 g/mol. The fraction of sp³-hybridized carbons (Fsp3) is 0.259. The Hall–Kier alpha value is -3.80. The van der Waals surface area contributed by atoms with Crippen LogP contribution in [0.4, 0.5) is 5.69 Å². The molecule has 0 saturated carbocycles. The maximum Gasteiger partial charge on any atom is 0.253 e. The zero-order valence-corrected chi connectivity index (χ0v) is 19.0. The fourth-order valence-corrected chi connectivity index (χ4v) is 3.94. The van der Waals surface area contributed by atoms with Crippen molar-refractivity contribution in [2.75, 3.05) is 25.6 Å². The molecule has 0 atom stereocenters. The highest BCUT2D eigenvalue weighted by atomic mass is 16.5. The Morgan fingerprint density at radius 2 is 1.73 bits per heavy atom. The molecule has 1 fully saturated rings. The normalized spacial score (nSPS) is 13.2. The van der Waals surface area contributed by atoms with Gasteiger partial charge in [-0.1, -0.05) is 36.4 Å². The lowest BCUT2D eigenvalue weighted by atomic mass is 10.1. The van der Waals surface area contributed by atoms with E-state index in [0.29, 0.717) is 36.6 Å². The summed E-state index contributed by atoms with van der Waals surface area (Å²) in [5.41, 5.74) is 3.44. The van der Waals surface area contributed by atoms with E-state index in [1.807, 2.05) is 60.7 Å². The first-order valence-corrected chi connectivity index (χ1v) is 11.0. The van der Waals surface area contributed by atoms with E-state index in [9.17, 15) is 9.59 Å². The summed E-state index contributed by atoms with van der Waals surface area (Å²) >= 11 is 0. The Kier molecular flexibility index (Phi) is 6.93. The van der Waals surface area contributed by atoms with Gasteiger partial charge in [0.2, 0.25) is 5.91 Å². The molecule has 1 aliphatic rings. The molecule has 1 aliphatic heterocycles. The van der Waals surface area contributed by atoms with Gasteiger partial charge in [0, 0.05) is 37.8 Å². The van der Waals surface area contributed by atoms with Gasteiger partial charge in [0.25, 0.3) is 5.91 Å². The standard InChI is InChI=1S/C27H28N2O4/c1-28(27(31)22-11-13-23(14-12-22)29-16-6-9-26(29)30)18-21-10-15-24(25(17-21)32-2)33-19-20-7-4-3-5-8-20/h3-5,7-8,10-15,17H,6,9,16,18-19H2,1-2H3. The minimum absolute atomic E-state index is 0.0855. The molecule has 0 bridgehead atoms. The van der Waals surface area contributed by atoms with Crippen molar-refractivity contribution in [3.63, 3.8) is 0 Å². The molecule has 6 heteroatoms. The number of carbonyl (C=O) groups excluding carboxylic acids is 2. The molecule has 0 aliphatic carbocycles. The van der Waals surface area contributed by atoms with Gasteiger partial charge in [-0.15, -0.1) is 0 Å². The number of nitrogens with zero attached hydrogens (tertiary/aromatic N) is 2. The number of methoxy groups -OCH3 is 1. The molecule has 0 spiro atoms. The third-order valence-electron chi connectivity index (χ3n) is 5.73. The Bertz CT molecular complexity index is 1110. The van der Waals surface area contributed by atoms with E-state index >= 15 is 0 Å². The molecule has 3 aromatic rings. The van der Waals surface area contributed by atoms with Crippen molar-refractivity contribution in [1.29, 1.82) is 0 Å². The van der Waals surface area contributed by atoms with Crippen molar-refractivity contribution >= 4 is 17.5 Å². The SMILES string of the molecule is COc1cc(CN(C)C(=O)c2ccc(N3CCCC3=O)cc2)ccc1OCc1ccccc1. The van der Waals surface area contributed by atoms with E-state index in [2.05, 4.69) is 0 Å². The molecule has 2 amide bonds. The van der Waals surface area contributed by atoms with Crippen molar-refractivity contribution in [3.8, 4) is 11.5 Å². The van der Waals surface area contributed by atoms with Crippen LogP contribution in [0.5, 0.6) is 11.5 Å². The van der Waals surface area contributed by atoms with Crippen LogP contribution in [0.15, 0.2) is 72.8 Å². The lowest BCUT2D eigenvalue weighted by molar-refractivity contribution is -0.117. The minimum Gasteiger partial charge on any atom is -0.493 e. The van der Waals surface area contributed by atoms with Crippen LogP contribution in [-0.2, 0) is 17.9 Å². The van der Waals surface area contributed by atoms with Crippen molar-refractivity contribution in [1.82, 2.24) is 4.90 Å². The van der Waals surface area contributed by atoms with Crippen LogP contribution in [0.1, 0.15) is 34.3 Å². The molecule has 0 radical (unpaired) electrons. The largest absolute Gasteiger partial charge is 0.493 e. The Balaban J connectivity index is 1.39. The van der Waals surface area contributed by atoms with Gasteiger partial charge in [-0.2, -0.15) is 0 Å². The first kappa shape index (κ1) is 22.4. The number of amides is 2. The average molecular weight is 445 g/mol.